The van der Waals surface area contributed by atoms with E-state index in [0.717, 1.165) is 16.9 Å². The first-order valence-electron chi connectivity index (χ1n) is 7.39. The fourth-order valence-corrected chi connectivity index (χ4v) is 2.64. The zero-order valence-electron chi connectivity index (χ0n) is 12.5. The number of hydrogen-bond acceptors (Lipinski definition) is 5. The van der Waals surface area contributed by atoms with Crippen LogP contribution in [0, 0.1) is 0 Å². The Bertz CT molecular complexity index is 900. The van der Waals surface area contributed by atoms with Crippen molar-refractivity contribution in [3.05, 3.63) is 59.1 Å². The number of hydrogen-bond donors (Lipinski definition) is 3. The van der Waals surface area contributed by atoms with Crippen LogP contribution in [0.5, 0.6) is 0 Å². The van der Waals surface area contributed by atoms with E-state index in [-0.39, 0.29) is 11.9 Å². The molecule has 1 unspecified atom stereocenters. The minimum absolute atomic E-state index is 0.101. The lowest BCUT2D eigenvalue weighted by molar-refractivity contribution is 0.0976. The SMILES string of the molecule is O=C(NC1=NNC(c2nc3ccccc3[nH]2)C1)c1ccc(Cl)nc1. The molecule has 3 aromatic rings. The van der Waals surface area contributed by atoms with Gasteiger partial charge in [-0.1, -0.05) is 23.7 Å². The Morgan fingerprint density at radius 1 is 1.25 bits per heavy atom. The molecule has 4 rings (SSSR count). The van der Waals surface area contributed by atoms with Gasteiger partial charge in [-0.15, -0.1) is 0 Å². The number of nitrogens with zero attached hydrogens (tertiary/aromatic N) is 3. The minimum Gasteiger partial charge on any atom is -0.340 e. The summed E-state index contributed by atoms with van der Waals surface area (Å²) >= 11 is 5.72. The number of pyridine rings is 1. The number of aromatic amines is 1. The number of halogens is 1. The predicted octanol–water partition coefficient (Wildman–Crippen LogP) is 2.39. The van der Waals surface area contributed by atoms with Gasteiger partial charge < -0.3 is 10.3 Å². The summed E-state index contributed by atoms with van der Waals surface area (Å²) in [6.07, 6.45) is 1.96. The third-order valence-corrected chi connectivity index (χ3v) is 3.96. The van der Waals surface area contributed by atoms with Crippen molar-refractivity contribution in [1.29, 1.82) is 0 Å². The number of nitrogens with one attached hydrogen (secondary N) is 3. The average Bonchev–Trinajstić information content (AvgIpc) is 3.21. The van der Waals surface area contributed by atoms with Gasteiger partial charge >= 0.3 is 0 Å². The van der Waals surface area contributed by atoms with Gasteiger partial charge in [0.25, 0.3) is 5.91 Å². The third-order valence-electron chi connectivity index (χ3n) is 3.74. The maximum Gasteiger partial charge on any atom is 0.258 e. The van der Waals surface area contributed by atoms with E-state index in [2.05, 4.69) is 30.8 Å². The normalized spacial score (nSPS) is 16.7. The molecule has 8 heteroatoms. The minimum atomic E-state index is -0.273. The van der Waals surface area contributed by atoms with Crippen molar-refractivity contribution in [2.75, 3.05) is 0 Å². The van der Waals surface area contributed by atoms with E-state index in [1.165, 1.54) is 6.20 Å². The van der Waals surface area contributed by atoms with E-state index in [0.29, 0.717) is 23.0 Å². The molecule has 0 fully saturated rings. The molecule has 0 saturated heterocycles. The molecule has 1 aromatic carbocycles. The number of rotatable bonds is 2. The van der Waals surface area contributed by atoms with Gasteiger partial charge in [-0.3, -0.25) is 10.2 Å². The fourth-order valence-electron chi connectivity index (χ4n) is 2.53. The largest absolute Gasteiger partial charge is 0.340 e. The Labute approximate surface area is 142 Å². The molecule has 1 aliphatic rings. The van der Waals surface area contributed by atoms with E-state index in [4.69, 9.17) is 11.6 Å². The highest BCUT2D eigenvalue weighted by Gasteiger charge is 2.24. The van der Waals surface area contributed by atoms with Crippen molar-refractivity contribution in [2.45, 2.75) is 12.5 Å². The molecule has 120 valence electrons. The smallest absolute Gasteiger partial charge is 0.258 e. The van der Waals surface area contributed by atoms with Crippen LogP contribution in [0.2, 0.25) is 5.15 Å². The zero-order valence-corrected chi connectivity index (χ0v) is 13.2. The van der Waals surface area contributed by atoms with Crippen LogP contribution in [-0.4, -0.2) is 26.7 Å². The second-order valence-electron chi connectivity index (χ2n) is 5.41. The van der Waals surface area contributed by atoms with Gasteiger partial charge in [0.05, 0.1) is 16.6 Å². The first kappa shape index (κ1) is 14.6. The standard InChI is InChI=1S/C16H13ClN6O/c17-13-6-5-9(8-18-13)16(24)21-14-7-12(22-23-14)15-19-10-3-1-2-4-11(10)20-15/h1-6,8,12,22H,7H2,(H,19,20)(H,21,23,24). The molecule has 0 saturated carbocycles. The number of aromatic nitrogens is 3. The number of H-pyrrole nitrogens is 1. The Kier molecular flexibility index (Phi) is 3.62. The van der Waals surface area contributed by atoms with E-state index in [1.807, 2.05) is 24.3 Å². The van der Waals surface area contributed by atoms with E-state index < -0.39 is 0 Å². The third kappa shape index (κ3) is 2.81. The summed E-state index contributed by atoms with van der Waals surface area (Å²) in [5.74, 6) is 1.07. The van der Waals surface area contributed by atoms with Crippen molar-refractivity contribution in [2.24, 2.45) is 5.10 Å². The molecule has 0 radical (unpaired) electrons. The lowest BCUT2D eigenvalue weighted by atomic mass is 10.2. The summed E-state index contributed by atoms with van der Waals surface area (Å²) in [5.41, 5.74) is 5.29. The van der Waals surface area contributed by atoms with Gasteiger partial charge in [0.15, 0.2) is 0 Å². The van der Waals surface area contributed by atoms with Crippen LogP contribution >= 0.6 is 11.6 Å². The van der Waals surface area contributed by atoms with Gasteiger partial charge in [0.1, 0.15) is 22.9 Å². The number of hydrazone groups is 1. The summed E-state index contributed by atoms with van der Waals surface area (Å²) < 4.78 is 0. The Hall–Kier alpha value is -2.93. The maximum atomic E-state index is 12.2. The van der Waals surface area contributed by atoms with Crippen LogP contribution < -0.4 is 10.7 Å². The van der Waals surface area contributed by atoms with Gasteiger partial charge in [-0.25, -0.2) is 9.97 Å². The Morgan fingerprint density at radius 2 is 2.12 bits per heavy atom. The summed E-state index contributed by atoms with van der Waals surface area (Å²) in [6, 6.07) is 10.9. The van der Waals surface area contributed by atoms with Gasteiger partial charge in [0, 0.05) is 12.6 Å². The van der Waals surface area contributed by atoms with Crippen LogP contribution in [0.4, 0.5) is 0 Å². The summed E-state index contributed by atoms with van der Waals surface area (Å²) in [6.45, 7) is 0. The number of benzene rings is 1. The van der Waals surface area contributed by atoms with Crippen molar-refractivity contribution >= 4 is 34.4 Å². The molecule has 1 atom stereocenters. The second-order valence-corrected chi connectivity index (χ2v) is 5.79. The molecule has 2 aromatic heterocycles. The van der Waals surface area contributed by atoms with Crippen LogP contribution in [0.3, 0.4) is 0 Å². The topological polar surface area (TPSA) is 95.1 Å². The molecule has 1 aliphatic heterocycles. The van der Waals surface area contributed by atoms with E-state index in [9.17, 15) is 4.79 Å². The highest BCUT2D eigenvalue weighted by atomic mass is 35.5. The number of para-hydroxylation sites is 2. The molecule has 24 heavy (non-hydrogen) atoms. The zero-order chi connectivity index (χ0) is 16.5. The Morgan fingerprint density at radius 3 is 2.92 bits per heavy atom. The van der Waals surface area contributed by atoms with Crippen molar-refractivity contribution < 1.29 is 4.79 Å². The van der Waals surface area contributed by atoms with Crippen molar-refractivity contribution in [1.82, 2.24) is 25.7 Å². The van der Waals surface area contributed by atoms with Gasteiger partial charge in [-0.05, 0) is 24.3 Å². The van der Waals surface area contributed by atoms with Gasteiger partial charge in [-0.2, -0.15) is 5.10 Å². The number of imidazole rings is 1. The first-order valence-corrected chi connectivity index (χ1v) is 7.76. The lowest BCUT2D eigenvalue weighted by Crippen LogP contribution is -2.29. The molecule has 3 N–H and O–H groups in total. The quantitative estimate of drug-likeness (QED) is 0.624. The number of amidine groups is 1. The van der Waals surface area contributed by atoms with Gasteiger partial charge in [0.2, 0.25) is 0 Å². The number of amides is 1. The molecule has 7 nitrogen and oxygen atoms in total. The van der Waals surface area contributed by atoms with Crippen molar-refractivity contribution in [3.8, 4) is 0 Å². The number of carbonyl (C=O) groups excluding carboxylic acids is 1. The van der Waals surface area contributed by atoms with Crippen LogP contribution in [0.1, 0.15) is 28.6 Å². The van der Waals surface area contributed by atoms with E-state index >= 15 is 0 Å². The summed E-state index contributed by atoms with van der Waals surface area (Å²) in [5, 5.41) is 7.29. The van der Waals surface area contributed by atoms with Crippen LogP contribution in [-0.2, 0) is 0 Å². The molecular formula is C16H13ClN6O. The Balaban J connectivity index is 1.44. The van der Waals surface area contributed by atoms with E-state index in [1.54, 1.807) is 12.1 Å². The number of carbonyl (C=O) groups is 1. The van der Waals surface area contributed by atoms with Crippen molar-refractivity contribution in [3.63, 3.8) is 0 Å². The molecule has 1 amide bonds. The van der Waals surface area contributed by atoms with Crippen LogP contribution in [0.15, 0.2) is 47.7 Å². The monoisotopic (exact) mass is 340 g/mol. The highest BCUT2D eigenvalue weighted by Crippen LogP contribution is 2.21. The van der Waals surface area contributed by atoms with Crippen LogP contribution in [0.25, 0.3) is 11.0 Å². The summed E-state index contributed by atoms with van der Waals surface area (Å²) in [4.78, 5) is 23.9. The highest BCUT2D eigenvalue weighted by molar-refractivity contribution is 6.29. The molecule has 0 bridgehead atoms. The lowest BCUT2D eigenvalue weighted by Gasteiger charge is -2.06. The fraction of sp³-hybridized carbons (Fsp3) is 0.125. The molecule has 0 spiro atoms. The molecule has 3 heterocycles. The molecular weight excluding hydrogens is 328 g/mol. The predicted molar refractivity (Wildman–Crippen MR) is 90.7 cm³/mol. The maximum absolute atomic E-state index is 12.2. The molecule has 0 aliphatic carbocycles. The first-order chi connectivity index (χ1) is 11.7. The second kappa shape index (κ2) is 5.93. The average molecular weight is 341 g/mol. The summed E-state index contributed by atoms with van der Waals surface area (Å²) in [7, 11) is 0. The number of fused-ring (bicyclic) bond motifs is 1.